The number of pyridine rings is 1. The first-order chi connectivity index (χ1) is 10.2. The average molecular weight is 306 g/mol. The van der Waals surface area contributed by atoms with Gasteiger partial charge in [0, 0.05) is 23.9 Å². The maximum atomic E-state index is 12.0. The summed E-state index contributed by atoms with van der Waals surface area (Å²) in [5.41, 5.74) is 1.45. The van der Waals surface area contributed by atoms with Crippen LogP contribution in [-0.2, 0) is 11.2 Å². The lowest BCUT2D eigenvalue weighted by molar-refractivity contribution is 0.0764. The van der Waals surface area contributed by atoms with Crippen molar-refractivity contribution in [1.29, 1.82) is 0 Å². The average Bonchev–Trinajstić information content (AvgIpc) is 2.52. The summed E-state index contributed by atoms with van der Waals surface area (Å²) in [5, 5.41) is 0.414. The van der Waals surface area contributed by atoms with Gasteiger partial charge in [0.2, 0.25) is 0 Å². The number of nitrogens with zero attached hydrogens (tertiary/aromatic N) is 1. The number of Topliss-reactive ketones (excluding diaryl/α,β-unsaturated/α-hetero) is 1. The van der Waals surface area contributed by atoms with Crippen molar-refractivity contribution in [3.05, 3.63) is 58.9 Å². The molecule has 0 saturated carbocycles. The van der Waals surface area contributed by atoms with Gasteiger partial charge >= 0.3 is 0 Å². The molecule has 0 fully saturated rings. The molecular weight excluding hydrogens is 290 g/mol. The van der Waals surface area contributed by atoms with Crippen molar-refractivity contribution in [2.24, 2.45) is 0 Å². The first kappa shape index (κ1) is 15.5. The lowest BCUT2D eigenvalue weighted by atomic mass is 10.1. The molecule has 2 rings (SSSR count). The lowest BCUT2D eigenvalue weighted by Gasteiger charge is -2.06. The van der Waals surface area contributed by atoms with Crippen LogP contribution in [-0.4, -0.2) is 31.1 Å². The van der Waals surface area contributed by atoms with Crippen LogP contribution in [0.4, 0.5) is 0 Å². The Morgan fingerprint density at radius 1 is 1.29 bits per heavy atom. The van der Waals surface area contributed by atoms with Gasteiger partial charge in [-0.3, -0.25) is 9.78 Å². The second-order valence-corrected chi connectivity index (χ2v) is 4.80. The monoisotopic (exact) mass is 305 g/mol. The van der Waals surface area contributed by atoms with Gasteiger partial charge in [-0.05, 0) is 30.3 Å². The summed E-state index contributed by atoms with van der Waals surface area (Å²) in [4.78, 5) is 16.2. The normalized spacial score (nSPS) is 10.4. The molecule has 0 aliphatic carbocycles. The molecule has 21 heavy (non-hydrogen) atoms. The molecular formula is C16H16ClNO3. The number of ketones is 1. The van der Waals surface area contributed by atoms with Crippen LogP contribution in [0.3, 0.4) is 0 Å². The Morgan fingerprint density at radius 3 is 2.81 bits per heavy atom. The van der Waals surface area contributed by atoms with Gasteiger partial charge in [0.15, 0.2) is 5.78 Å². The summed E-state index contributed by atoms with van der Waals surface area (Å²) in [5.74, 6) is 0.435. The molecule has 110 valence electrons. The van der Waals surface area contributed by atoms with Crippen LogP contribution in [0.1, 0.15) is 16.1 Å². The molecule has 0 atom stereocenters. The highest BCUT2D eigenvalue weighted by Crippen LogP contribution is 2.25. The highest BCUT2D eigenvalue weighted by Gasteiger charge is 2.09. The Balaban J connectivity index is 1.80. The Bertz CT molecular complexity index is 602. The number of ether oxygens (including phenoxy) is 2. The number of aromatic nitrogens is 1. The molecule has 5 heteroatoms. The number of halogens is 1. The maximum absolute atomic E-state index is 12.0. The largest absolute Gasteiger partial charge is 0.495 e. The molecule has 0 aliphatic heterocycles. The Kier molecular flexibility index (Phi) is 5.72. The zero-order valence-electron chi connectivity index (χ0n) is 11.7. The van der Waals surface area contributed by atoms with E-state index in [1.807, 2.05) is 18.2 Å². The van der Waals surface area contributed by atoms with Crippen LogP contribution in [0.15, 0.2) is 42.6 Å². The van der Waals surface area contributed by atoms with E-state index in [1.54, 1.807) is 24.4 Å². The summed E-state index contributed by atoms with van der Waals surface area (Å²) in [6.07, 6.45) is 2.41. The molecule has 1 heterocycles. The number of methoxy groups -OCH3 is 1. The third-order valence-corrected chi connectivity index (χ3v) is 3.23. The summed E-state index contributed by atoms with van der Waals surface area (Å²) < 4.78 is 10.4. The third-order valence-electron chi connectivity index (χ3n) is 2.94. The van der Waals surface area contributed by atoms with E-state index < -0.39 is 0 Å². The van der Waals surface area contributed by atoms with E-state index in [0.29, 0.717) is 29.4 Å². The molecule has 0 bridgehead atoms. The van der Waals surface area contributed by atoms with Crippen LogP contribution in [0, 0.1) is 0 Å². The van der Waals surface area contributed by atoms with E-state index in [-0.39, 0.29) is 12.4 Å². The fourth-order valence-electron chi connectivity index (χ4n) is 1.81. The van der Waals surface area contributed by atoms with E-state index in [0.717, 1.165) is 5.69 Å². The minimum atomic E-state index is -0.111. The van der Waals surface area contributed by atoms with E-state index in [9.17, 15) is 4.79 Å². The standard InChI is InChI=1S/C16H16ClNO3/c1-20-16-6-5-12(10-14(16)17)15(19)11-21-9-7-13-4-2-3-8-18-13/h2-6,8,10H,7,9,11H2,1H3. The second kappa shape index (κ2) is 7.76. The number of hydrogen-bond donors (Lipinski definition) is 0. The quantitative estimate of drug-likeness (QED) is 0.582. The SMILES string of the molecule is COc1ccc(C(=O)COCCc2ccccn2)cc1Cl. The van der Waals surface area contributed by atoms with Crippen LogP contribution in [0.25, 0.3) is 0 Å². The Labute approximate surface area is 128 Å². The molecule has 0 saturated heterocycles. The number of benzene rings is 1. The third kappa shape index (κ3) is 4.55. The maximum Gasteiger partial charge on any atom is 0.188 e. The Morgan fingerprint density at radius 2 is 2.14 bits per heavy atom. The zero-order chi connectivity index (χ0) is 15.1. The van der Waals surface area contributed by atoms with Gasteiger partial charge < -0.3 is 9.47 Å². The van der Waals surface area contributed by atoms with Crippen LogP contribution < -0.4 is 4.74 Å². The van der Waals surface area contributed by atoms with Gasteiger partial charge in [0.1, 0.15) is 12.4 Å². The highest BCUT2D eigenvalue weighted by molar-refractivity contribution is 6.32. The van der Waals surface area contributed by atoms with Gasteiger partial charge in [-0.15, -0.1) is 0 Å². The van der Waals surface area contributed by atoms with Crippen molar-refractivity contribution >= 4 is 17.4 Å². The number of hydrogen-bond acceptors (Lipinski definition) is 4. The summed E-state index contributed by atoms with van der Waals surface area (Å²) >= 11 is 5.99. The number of carbonyl (C=O) groups excluding carboxylic acids is 1. The fourth-order valence-corrected chi connectivity index (χ4v) is 2.07. The van der Waals surface area contributed by atoms with Crippen molar-refractivity contribution in [3.63, 3.8) is 0 Å². The van der Waals surface area contributed by atoms with Gasteiger partial charge in [0.05, 0.1) is 18.7 Å². The van der Waals surface area contributed by atoms with Crippen LogP contribution >= 0.6 is 11.6 Å². The second-order valence-electron chi connectivity index (χ2n) is 4.40. The Hall–Kier alpha value is -1.91. The molecule has 0 spiro atoms. The zero-order valence-corrected chi connectivity index (χ0v) is 12.5. The first-order valence-corrected chi connectivity index (χ1v) is 6.93. The molecule has 2 aromatic rings. The van der Waals surface area contributed by atoms with E-state index in [1.165, 1.54) is 7.11 Å². The predicted molar refractivity (Wildman–Crippen MR) is 81.1 cm³/mol. The van der Waals surface area contributed by atoms with Gasteiger partial charge in [-0.2, -0.15) is 0 Å². The van der Waals surface area contributed by atoms with E-state index in [2.05, 4.69) is 4.98 Å². The molecule has 0 N–H and O–H groups in total. The molecule has 0 amide bonds. The topological polar surface area (TPSA) is 48.4 Å². The molecule has 1 aromatic carbocycles. The van der Waals surface area contributed by atoms with E-state index in [4.69, 9.17) is 21.1 Å². The predicted octanol–water partition coefficient (Wildman–Crippen LogP) is 3.19. The molecule has 0 radical (unpaired) electrons. The molecule has 1 aromatic heterocycles. The number of carbonyl (C=O) groups is 1. The first-order valence-electron chi connectivity index (χ1n) is 6.55. The number of rotatable bonds is 7. The van der Waals surface area contributed by atoms with Crippen molar-refractivity contribution in [2.75, 3.05) is 20.3 Å². The van der Waals surface area contributed by atoms with Crippen LogP contribution in [0.5, 0.6) is 5.75 Å². The van der Waals surface area contributed by atoms with E-state index >= 15 is 0 Å². The summed E-state index contributed by atoms with van der Waals surface area (Å²) in [7, 11) is 1.53. The highest BCUT2D eigenvalue weighted by atomic mass is 35.5. The van der Waals surface area contributed by atoms with Gasteiger partial charge in [-0.1, -0.05) is 17.7 Å². The summed E-state index contributed by atoms with van der Waals surface area (Å²) in [6, 6.07) is 10.6. The van der Waals surface area contributed by atoms with Gasteiger partial charge in [0.25, 0.3) is 0 Å². The summed E-state index contributed by atoms with van der Waals surface area (Å²) in [6.45, 7) is 0.474. The lowest BCUT2D eigenvalue weighted by Crippen LogP contribution is -2.11. The molecule has 0 aliphatic rings. The van der Waals surface area contributed by atoms with Crippen molar-refractivity contribution in [1.82, 2.24) is 4.98 Å². The van der Waals surface area contributed by atoms with Gasteiger partial charge in [-0.25, -0.2) is 0 Å². The van der Waals surface area contributed by atoms with Crippen molar-refractivity contribution in [3.8, 4) is 5.75 Å². The fraction of sp³-hybridized carbons (Fsp3) is 0.250. The minimum absolute atomic E-state index is 0.0233. The van der Waals surface area contributed by atoms with Crippen LogP contribution in [0.2, 0.25) is 5.02 Å². The molecule has 4 nitrogen and oxygen atoms in total. The van der Waals surface area contributed by atoms with Crippen molar-refractivity contribution in [2.45, 2.75) is 6.42 Å². The molecule has 0 unspecified atom stereocenters. The smallest absolute Gasteiger partial charge is 0.188 e. The minimum Gasteiger partial charge on any atom is -0.495 e. The van der Waals surface area contributed by atoms with Crippen molar-refractivity contribution < 1.29 is 14.3 Å².